The zero-order valence-electron chi connectivity index (χ0n) is 7.30. The zero-order chi connectivity index (χ0) is 8.10. The van der Waals surface area contributed by atoms with Crippen molar-refractivity contribution in [1.82, 2.24) is 5.32 Å². The Morgan fingerprint density at radius 3 is 3.09 bits per heavy atom. The van der Waals surface area contributed by atoms with Crippen molar-refractivity contribution < 1.29 is 4.74 Å². The van der Waals surface area contributed by atoms with Gasteiger partial charge in [-0.1, -0.05) is 0 Å². The molecule has 1 N–H and O–H groups in total. The molecule has 1 saturated heterocycles. The molecule has 0 aliphatic carbocycles. The van der Waals surface area contributed by atoms with Crippen LogP contribution in [0.5, 0.6) is 0 Å². The van der Waals surface area contributed by atoms with Crippen molar-refractivity contribution in [2.45, 2.75) is 25.4 Å². The van der Waals surface area contributed by atoms with E-state index >= 15 is 0 Å². The molecule has 0 aromatic carbocycles. The number of hydrogen-bond donors (Lipinski definition) is 1. The zero-order valence-corrected chi connectivity index (χ0v) is 8.12. The number of thioether (sulfide) groups is 1. The predicted octanol–water partition coefficient (Wildman–Crippen LogP) is 1.12. The Hall–Kier alpha value is 0.270. The summed E-state index contributed by atoms with van der Waals surface area (Å²) in [4.78, 5) is 0. The molecule has 0 radical (unpaired) electrons. The van der Waals surface area contributed by atoms with Crippen LogP contribution in [0.1, 0.15) is 13.3 Å². The lowest BCUT2D eigenvalue weighted by Crippen LogP contribution is -2.38. The van der Waals surface area contributed by atoms with Gasteiger partial charge in [-0.15, -0.1) is 0 Å². The van der Waals surface area contributed by atoms with Gasteiger partial charge in [-0.05, 0) is 19.1 Å². The van der Waals surface area contributed by atoms with Crippen molar-refractivity contribution >= 4 is 11.8 Å². The van der Waals surface area contributed by atoms with Crippen molar-refractivity contribution in [3.05, 3.63) is 0 Å². The average molecular weight is 175 g/mol. The Balaban J connectivity index is 2.08. The first-order valence-corrected chi connectivity index (χ1v) is 5.31. The van der Waals surface area contributed by atoms with Gasteiger partial charge in [-0.2, -0.15) is 11.8 Å². The van der Waals surface area contributed by atoms with Gasteiger partial charge in [0.1, 0.15) is 0 Å². The molecule has 2 nitrogen and oxygen atoms in total. The lowest BCUT2D eigenvalue weighted by atomic mass is 10.2. The molecule has 3 heteroatoms. The highest BCUT2D eigenvalue weighted by molar-refractivity contribution is 7.99. The van der Waals surface area contributed by atoms with Gasteiger partial charge in [0, 0.05) is 24.9 Å². The fraction of sp³-hybridized carbons (Fsp3) is 1.00. The van der Waals surface area contributed by atoms with Gasteiger partial charge >= 0.3 is 0 Å². The maximum atomic E-state index is 5.04. The van der Waals surface area contributed by atoms with Gasteiger partial charge in [-0.25, -0.2) is 0 Å². The van der Waals surface area contributed by atoms with Gasteiger partial charge in [0.25, 0.3) is 0 Å². The van der Waals surface area contributed by atoms with E-state index in [1.54, 1.807) is 7.11 Å². The van der Waals surface area contributed by atoms with Crippen LogP contribution < -0.4 is 5.32 Å². The van der Waals surface area contributed by atoms with Gasteiger partial charge in [0.2, 0.25) is 0 Å². The molecule has 0 aromatic heterocycles. The van der Waals surface area contributed by atoms with E-state index in [-0.39, 0.29) is 0 Å². The fourth-order valence-corrected chi connectivity index (χ4v) is 2.53. The van der Waals surface area contributed by atoms with Crippen molar-refractivity contribution in [2.24, 2.45) is 0 Å². The second kappa shape index (κ2) is 5.01. The first kappa shape index (κ1) is 9.36. The molecule has 0 unspecified atom stereocenters. The fourth-order valence-electron chi connectivity index (χ4n) is 1.37. The minimum Gasteiger partial charge on any atom is -0.383 e. The summed E-state index contributed by atoms with van der Waals surface area (Å²) in [7, 11) is 1.75. The van der Waals surface area contributed by atoms with Crippen LogP contribution in [0.4, 0.5) is 0 Å². The number of ether oxygens (including phenoxy) is 1. The molecule has 0 aromatic rings. The van der Waals surface area contributed by atoms with Crippen LogP contribution in [-0.2, 0) is 4.74 Å². The highest BCUT2D eigenvalue weighted by Crippen LogP contribution is 2.17. The maximum absolute atomic E-state index is 5.04. The number of rotatable bonds is 4. The SMILES string of the molecule is COC[C@@H](C)N[C@@H]1CCSC1. The molecular weight excluding hydrogens is 158 g/mol. The number of methoxy groups -OCH3 is 1. The van der Waals surface area contributed by atoms with E-state index in [4.69, 9.17) is 4.74 Å². The molecule has 2 atom stereocenters. The molecule has 0 bridgehead atoms. The Morgan fingerprint density at radius 1 is 1.73 bits per heavy atom. The van der Waals surface area contributed by atoms with Crippen molar-refractivity contribution in [3.8, 4) is 0 Å². The standard InChI is InChI=1S/C8H17NOS/c1-7(5-10-2)9-8-3-4-11-6-8/h7-9H,3-6H2,1-2H3/t7-,8-/m1/s1. The van der Waals surface area contributed by atoms with E-state index in [0.29, 0.717) is 6.04 Å². The van der Waals surface area contributed by atoms with Crippen LogP contribution in [0.25, 0.3) is 0 Å². The van der Waals surface area contributed by atoms with Gasteiger partial charge in [-0.3, -0.25) is 0 Å². The summed E-state index contributed by atoms with van der Waals surface area (Å²) in [6.45, 7) is 2.99. The quantitative estimate of drug-likeness (QED) is 0.692. The predicted molar refractivity (Wildman–Crippen MR) is 50.2 cm³/mol. The van der Waals surface area contributed by atoms with Crippen LogP contribution in [0, 0.1) is 0 Å². The van der Waals surface area contributed by atoms with Crippen LogP contribution in [0.2, 0.25) is 0 Å². The van der Waals surface area contributed by atoms with Crippen molar-refractivity contribution in [3.63, 3.8) is 0 Å². The Kier molecular flexibility index (Phi) is 4.26. The first-order valence-electron chi connectivity index (χ1n) is 4.15. The maximum Gasteiger partial charge on any atom is 0.0613 e. The highest BCUT2D eigenvalue weighted by atomic mass is 32.2. The molecule has 1 heterocycles. The summed E-state index contributed by atoms with van der Waals surface area (Å²) in [5.74, 6) is 2.59. The molecule has 0 amide bonds. The lowest BCUT2D eigenvalue weighted by molar-refractivity contribution is 0.168. The van der Waals surface area contributed by atoms with E-state index in [2.05, 4.69) is 12.2 Å². The molecule has 1 aliphatic heterocycles. The van der Waals surface area contributed by atoms with Crippen molar-refractivity contribution in [2.75, 3.05) is 25.2 Å². The third-order valence-corrected chi connectivity index (χ3v) is 3.03. The molecule has 1 rings (SSSR count). The normalized spacial score (nSPS) is 27.3. The highest BCUT2D eigenvalue weighted by Gasteiger charge is 2.16. The van der Waals surface area contributed by atoms with Crippen LogP contribution in [0.15, 0.2) is 0 Å². The van der Waals surface area contributed by atoms with Crippen LogP contribution >= 0.6 is 11.8 Å². The number of nitrogens with one attached hydrogen (secondary N) is 1. The molecule has 1 fully saturated rings. The minimum atomic E-state index is 0.503. The third kappa shape index (κ3) is 3.45. The molecular formula is C8H17NOS. The Labute approximate surface area is 73.1 Å². The summed E-state index contributed by atoms with van der Waals surface area (Å²) >= 11 is 2.04. The minimum absolute atomic E-state index is 0.503. The summed E-state index contributed by atoms with van der Waals surface area (Å²) < 4.78 is 5.04. The summed E-state index contributed by atoms with van der Waals surface area (Å²) in [6, 6.07) is 1.23. The lowest BCUT2D eigenvalue weighted by Gasteiger charge is -2.17. The first-order chi connectivity index (χ1) is 5.33. The van der Waals surface area contributed by atoms with E-state index in [9.17, 15) is 0 Å². The summed E-state index contributed by atoms with van der Waals surface area (Å²) in [5, 5.41) is 3.53. The molecule has 0 spiro atoms. The van der Waals surface area contributed by atoms with Crippen molar-refractivity contribution in [1.29, 1.82) is 0 Å². The Morgan fingerprint density at radius 2 is 2.55 bits per heavy atom. The second-order valence-electron chi connectivity index (χ2n) is 3.08. The van der Waals surface area contributed by atoms with Crippen LogP contribution in [0.3, 0.4) is 0 Å². The molecule has 1 aliphatic rings. The van der Waals surface area contributed by atoms with E-state index in [1.165, 1.54) is 17.9 Å². The summed E-state index contributed by atoms with van der Waals surface area (Å²) in [6.07, 6.45) is 1.32. The van der Waals surface area contributed by atoms with E-state index in [1.807, 2.05) is 11.8 Å². The molecule has 66 valence electrons. The third-order valence-electron chi connectivity index (χ3n) is 1.87. The largest absolute Gasteiger partial charge is 0.383 e. The number of hydrogen-bond acceptors (Lipinski definition) is 3. The van der Waals surface area contributed by atoms with E-state index in [0.717, 1.165) is 12.6 Å². The molecule has 0 saturated carbocycles. The Bertz CT molecular complexity index is 104. The monoisotopic (exact) mass is 175 g/mol. The van der Waals surface area contributed by atoms with Gasteiger partial charge < -0.3 is 10.1 Å². The topological polar surface area (TPSA) is 21.3 Å². The second-order valence-corrected chi connectivity index (χ2v) is 4.23. The van der Waals surface area contributed by atoms with Crippen LogP contribution in [-0.4, -0.2) is 37.3 Å². The smallest absolute Gasteiger partial charge is 0.0613 e. The van der Waals surface area contributed by atoms with Gasteiger partial charge in [0.05, 0.1) is 6.61 Å². The molecule has 11 heavy (non-hydrogen) atoms. The average Bonchev–Trinajstić information content (AvgIpc) is 2.40. The summed E-state index contributed by atoms with van der Waals surface area (Å²) in [5.41, 5.74) is 0. The van der Waals surface area contributed by atoms with Gasteiger partial charge in [0.15, 0.2) is 0 Å². The van der Waals surface area contributed by atoms with E-state index < -0.39 is 0 Å².